The number of anilines is 1. The summed E-state index contributed by atoms with van der Waals surface area (Å²) in [5, 5.41) is 14.1. The van der Waals surface area contributed by atoms with Crippen molar-refractivity contribution in [3.05, 3.63) is 22.7 Å². The normalized spacial score (nSPS) is 13.9. The largest absolute Gasteiger partial charge is 0.573 e. The molecule has 112 valence electrons. The maximum absolute atomic E-state index is 12.3. The summed E-state index contributed by atoms with van der Waals surface area (Å²) < 4.78 is 41.3. The van der Waals surface area contributed by atoms with Gasteiger partial charge in [-0.15, -0.1) is 13.2 Å². The quantitative estimate of drug-likeness (QED) is 0.327. The third kappa shape index (κ3) is 5.55. The SMILES string of the molecule is CC(C/C(N)=N/O)Nc1ccc(Br)cc1OC(F)(F)F. The Bertz CT molecular complexity index is 494. The van der Waals surface area contributed by atoms with E-state index in [4.69, 9.17) is 10.9 Å². The molecule has 0 aromatic heterocycles. The number of nitrogens with zero attached hydrogens (tertiary/aromatic N) is 1. The maximum atomic E-state index is 12.3. The third-order valence-corrected chi connectivity index (χ3v) is 2.71. The van der Waals surface area contributed by atoms with Crippen molar-refractivity contribution < 1.29 is 23.1 Å². The molecule has 1 unspecified atom stereocenters. The van der Waals surface area contributed by atoms with E-state index in [1.54, 1.807) is 13.0 Å². The molecule has 1 aromatic rings. The van der Waals surface area contributed by atoms with Crippen LogP contribution in [0.1, 0.15) is 13.3 Å². The van der Waals surface area contributed by atoms with Gasteiger partial charge in [0.1, 0.15) is 5.84 Å². The fourth-order valence-corrected chi connectivity index (χ4v) is 1.84. The number of hydrogen-bond acceptors (Lipinski definition) is 4. The Morgan fingerprint density at radius 3 is 2.75 bits per heavy atom. The van der Waals surface area contributed by atoms with Crippen LogP contribution in [0.5, 0.6) is 5.75 Å². The van der Waals surface area contributed by atoms with E-state index in [2.05, 4.69) is 31.1 Å². The first-order valence-electron chi connectivity index (χ1n) is 5.49. The summed E-state index contributed by atoms with van der Waals surface area (Å²) >= 11 is 3.07. The lowest BCUT2D eigenvalue weighted by atomic mass is 10.2. The van der Waals surface area contributed by atoms with Gasteiger partial charge in [-0.25, -0.2) is 0 Å². The zero-order valence-electron chi connectivity index (χ0n) is 10.4. The summed E-state index contributed by atoms with van der Waals surface area (Å²) in [5.41, 5.74) is 5.49. The van der Waals surface area contributed by atoms with E-state index in [9.17, 15) is 13.2 Å². The number of rotatable bonds is 5. The monoisotopic (exact) mass is 355 g/mol. The van der Waals surface area contributed by atoms with Gasteiger partial charge in [0, 0.05) is 16.9 Å². The molecule has 0 aliphatic rings. The molecule has 5 nitrogen and oxygen atoms in total. The number of amidine groups is 1. The first kappa shape index (κ1) is 16.4. The molecule has 0 fully saturated rings. The first-order chi connectivity index (χ1) is 9.21. The minimum atomic E-state index is -4.79. The van der Waals surface area contributed by atoms with Gasteiger partial charge in [0.05, 0.1) is 5.69 Å². The summed E-state index contributed by atoms with van der Waals surface area (Å²) in [6.45, 7) is 1.68. The Kier molecular flexibility index (Phi) is 5.49. The summed E-state index contributed by atoms with van der Waals surface area (Å²) in [7, 11) is 0. The molecule has 0 heterocycles. The Labute approximate surface area is 121 Å². The van der Waals surface area contributed by atoms with Gasteiger partial charge in [0.25, 0.3) is 0 Å². The van der Waals surface area contributed by atoms with Gasteiger partial charge in [-0.05, 0) is 25.1 Å². The zero-order chi connectivity index (χ0) is 15.3. The first-order valence-corrected chi connectivity index (χ1v) is 6.29. The average Bonchev–Trinajstić information content (AvgIpc) is 2.30. The molecule has 20 heavy (non-hydrogen) atoms. The van der Waals surface area contributed by atoms with E-state index < -0.39 is 6.36 Å². The molecule has 0 spiro atoms. The molecule has 0 radical (unpaired) electrons. The second-order valence-corrected chi connectivity index (χ2v) is 4.94. The highest BCUT2D eigenvalue weighted by Crippen LogP contribution is 2.33. The molecule has 9 heteroatoms. The molecule has 1 aromatic carbocycles. The summed E-state index contributed by atoms with van der Waals surface area (Å²) in [4.78, 5) is 0. The van der Waals surface area contributed by atoms with E-state index in [0.717, 1.165) is 0 Å². The summed E-state index contributed by atoms with van der Waals surface area (Å²) in [6, 6.07) is 3.87. The molecule has 0 aliphatic heterocycles. The molecule has 0 saturated carbocycles. The van der Waals surface area contributed by atoms with Gasteiger partial charge in [-0.2, -0.15) is 0 Å². The Morgan fingerprint density at radius 2 is 2.20 bits per heavy atom. The van der Waals surface area contributed by atoms with Gasteiger partial charge < -0.3 is 21.0 Å². The van der Waals surface area contributed by atoms with Crippen LogP contribution in [0.3, 0.4) is 0 Å². The number of nitrogens with one attached hydrogen (secondary N) is 1. The van der Waals surface area contributed by atoms with Crippen molar-refractivity contribution in [2.24, 2.45) is 10.9 Å². The van der Waals surface area contributed by atoms with Crippen molar-refractivity contribution >= 4 is 27.5 Å². The van der Waals surface area contributed by atoms with Crippen molar-refractivity contribution in [3.8, 4) is 5.75 Å². The van der Waals surface area contributed by atoms with Gasteiger partial charge in [-0.1, -0.05) is 21.1 Å². The highest BCUT2D eigenvalue weighted by atomic mass is 79.9. The standard InChI is InChI=1S/C11H13BrF3N3O2/c1-6(4-10(16)18-19)17-8-3-2-7(12)5-9(8)20-11(13,14)15/h2-3,5-6,17,19H,4H2,1H3,(H2,16,18). The molecular weight excluding hydrogens is 343 g/mol. The Balaban J connectivity index is 2.88. The topological polar surface area (TPSA) is 79.9 Å². The molecule has 4 N–H and O–H groups in total. The van der Waals surface area contributed by atoms with Crippen molar-refractivity contribution in [1.29, 1.82) is 0 Å². The van der Waals surface area contributed by atoms with E-state index in [0.29, 0.717) is 4.47 Å². The molecule has 0 amide bonds. The molecule has 0 bridgehead atoms. The number of nitrogens with two attached hydrogens (primary N) is 1. The van der Waals surface area contributed by atoms with Gasteiger partial charge in [0.2, 0.25) is 0 Å². The van der Waals surface area contributed by atoms with Crippen molar-refractivity contribution in [3.63, 3.8) is 0 Å². The van der Waals surface area contributed by atoms with Crippen molar-refractivity contribution in [2.45, 2.75) is 25.7 Å². The predicted octanol–water partition coefficient (Wildman–Crippen LogP) is 3.28. The Morgan fingerprint density at radius 1 is 1.55 bits per heavy atom. The van der Waals surface area contributed by atoms with Crippen LogP contribution in [-0.4, -0.2) is 23.4 Å². The van der Waals surface area contributed by atoms with Crippen molar-refractivity contribution in [2.75, 3.05) is 5.32 Å². The molecule has 1 atom stereocenters. The van der Waals surface area contributed by atoms with E-state index in [1.165, 1.54) is 12.1 Å². The lowest BCUT2D eigenvalue weighted by Crippen LogP contribution is -2.25. The smallest absolute Gasteiger partial charge is 0.409 e. The second kappa shape index (κ2) is 6.69. The average molecular weight is 356 g/mol. The van der Waals surface area contributed by atoms with E-state index in [-0.39, 0.29) is 29.7 Å². The lowest BCUT2D eigenvalue weighted by Gasteiger charge is -2.18. The van der Waals surface area contributed by atoms with E-state index in [1.807, 2.05) is 0 Å². The van der Waals surface area contributed by atoms with Crippen LogP contribution < -0.4 is 15.8 Å². The van der Waals surface area contributed by atoms with Crippen LogP contribution in [-0.2, 0) is 0 Å². The van der Waals surface area contributed by atoms with Gasteiger partial charge in [-0.3, -0.25) is 0 Å². The Hall–Kier alpha value is -1.64. The van der Waals surface area contributed by atoms with Crippen molar-refractivity contribution in [1.82, 2.24) is 0 Å². The number of alkyl halides is 3. The highest BCUT2D eigenvalue weighted by Gasteiger charge is 2.32. The summed E-state index contributed by atoms with van der Waals surface area (Å²) in [5.74, 6) is -0.390. The van der Waals surface area contributed by atoms with E-state index >= 15 is 0 Å². The number of halogens is 4. The molecule has 0 aliphatic carbocycles. The van der Waals surface area contributed by atoms with Crippen LogP contribution in [0.15, 0.2) is 27.8 Å². The van der Waals surface area contributed by atoms with Crippen LogP contribution in [0.25, 0.3) is 0 Å². The third-order valence-electron chi connectivity index (χ3n) is 2.22. The molecular formula is C11H13BrF3N3O2. The summed E-state index contributed by atoms with van der Waals surface area (Å²) in [6.07, 6.45) is -4.62. The highest BCUT2D eigenvalue weighted by molar-refractivity contribution is 9.10. The molecule has 1 rings (SSSR count). The van der Waals surface area contributed by atoms with Crippen LogP contribution >= 0.6 is 15.9 Å². The number of ether oxygens (including phenoxy) is 1. The number of hydrogen-bond donors (Lipinski definition) is 3. The van der Waals surface area contributed by atoms with Gasteiger partial charge >= 0.3 is 6.36 Å². The van der Waals surface area contributed by atoms with Crippen LogP contribution in [0, 0.1) is 0 Å². The predicted molar refractivity (Wildman–Crippen MR) is 71.9 cm³/mol. The maximum Gasteiger partial charge on any atom is 0.573 e. The van der Waals surface area contributed by atoms with Gasteiger partial charge in [0.15, 0.2) is 5.75 Å². The lowest BCUT2D eigenvalue weighted by molar-refractivity contribution is -0.274. The number of benzene rings is 1. The zero-order valence-corrected chi connectivity index (χ0v) is 12.0. The molecule has 0 saturated heterocycles. The fourth-order valence-electron chi connectivity index (χ4n) is 1.50. The van der Waals surface area contributed by atoms with Crippen LogP contribution in [0.4, 0.5) is 18.9 Å². The van der Waals surface area contributed by atoms with Crippen LogP contribution in [0.2, 0.25) is 0 Å². The number of oxime groups is 1. The minimum absolute atomic E-state index is 0.0274. The fraction of sp³-hybridized carbons (Fsp3) is 0.364. The minimum Gasteiger partial charge on any atom is -0.409 e. The second-order valence-electron chi connectivity index (χ2n) is 4.03.